The summed E-state index contributed by atoms with van der Waals surface area (Å²) in [6, 6.07) is 6.99. The third-order valence-corrected chi connectivity index (χ3v) is 2.43. The van der Waals surface area contributed by atoms with Crippen LogP contribution in [0.25, 0.3) is 0 Å². The van der Waals surface area contributed by atoms with Crippen LogP contribution in [0.5, 0.6) is 0 Å². The molecule has 1 aromatic rings. The number of hydrogen-bond donors (Lipinski definition) is 1. The summed E-state index contributed by atoms with van der Waals surface area (Å²) in [5.41, 5.74) is 1.43. The van der Waals surface area contributed by atoms with Crippen LogP contribution in [0, 0.1) is 11.8 Å². The lowest BCUT2D eigenvalue weighted by Gasteiger charge is -1.97. The van der Waals surface area contributed by atoms with Gasteiger partial charge in [-0.2, -0.15) is 0 Å². The minimum absolute atomic E-state index is 0.0122. The maximum Gasteiger partial charge on any atom is 0.216 e. The molecule has 0 fully saturated rings. The summed E-state index contributed by atoms with van der Waals surface area (Å²) in [4.78, 5) is 21.9. The van der Waals surface area contributed by atoms with Gasteiger partial charge in [0, 0.05) is 31.0 Å². The molecule has 0 radical (unpaired) electrons. The Labute approximate surface area is 112 Å². The van der Waals surface area contributed by atoms with Gasteiger partial charge < -0.3 is 5.32 Å². The molecule has 0 heterocycles. The zero-order chi connectivity index (χ0) is 13.4. The molecule has 0 aromatic heterocycles. The first-order valence-electron chi connectivity index (χ1n) is 5.56. The first-order valence-corrected chi connectivity index (χ1v) is 6.09. The van der Waals surface area contributed by atoms with E-state index < -0.39 is 0 Å². The van der Waals surface area contributed by atoms with Gasteiger partial charge in [-0.25, -0.2) is 0 Å². The number of carbonyl (C=O) groups is 2. The summed E-state index contributed by atoms with van der Waals surface area (Å²) < 4.78 is 0. The number of alkyl halides is 1. The molecule has 0 atom stereocenters. The fraction of sp³-hybridized carbons (Fsp3) is 0.286. The van der Waals surface area contributed by atoms with Crippen molar-refractivity contribution in [1.82, 2.24) is 5.32 Å². The maximum atomic E-state index is 11.3. The highest BCUT2D eigenvalue weighted by molar-refractivity contribution is 6.30. The molecule has 4 heteroatoms. The van der Waals surface area contributed by atoms with Gasteiger partial charge in [0.2, 0.25) is 5.91 Å². The Morgan fingerprint density at radius 3 is 2.50 bits per heavy atom. The second-order valence-electron chi connectivity index (χ2n) is 3.67. The van der Waals surface area contributed by atoms with Gasteiger partial charge in [0.1, 0.15) is 0 Å². The number of carbonyl (C=O) groups excluding carboxylic acids is 2. The van der Waals surface area contributed by atoms with Gasteiger partial charge in [0.05, 0.1) is 5.88 Å². The van der Waals surface area contributed by atoms with Crippen molar-refractivity contribution < 1.29 is 9.59 Å². The van der Waals surface area contributed by atoms with Gasteiger partial charge in [0.25, 0.3) is 0 Å². The number of benzene rings is 1. The average Bonchev–Trinajstić information content (AvgIpc) is 2.38. The molecule has 94 valence electrons. The zero-order valence-electron chi connectivity index (χ0n) is 10.1. The van der Waals surface area contributed by atoms with E-state index in [0.29, 0.717) is 18.5 Å². The quantitative estimate of drug-likeness (QED) is 0.391. The molecule has 1 N–H and O–H groups in total. The zero-order valence-corrected chi connectivity index (χ0v) is 10.9. The maximum absolute atomic E-state index is 11.3. The molecule has 3 nitrogen and oxygen atoms in total. The fourth-order valence-electron chi connectivity index (χ4n) is 1.28. The Morgan fingerprint density at radius 2 is 1.94 bits per heavy atom. The monoisotopic (exact) mass is 263 g/mol. The molecule has 0 bridgehead atoms. The summed E-state index contributed by atoms with van der Waals surface area (Å²) in [7, 11) is 0. The predicted octanol–water partition coefficient (Wildman–Crippen LogP) is 1.99. The van der Waals surface area contributed by atoms with E-state index in [1.807, 2.05) is 0 Å². The molecule has 0 saturated carbocycles. The molecule has 1 rings (SSSR count). The van der Waals surface area contributed by atoms with Crippen LogP contribution in [0.3, 0.4) is 0 Å². The standard InChI is InChI=1S/C14H14ClNO2/c1-11(17)16-9-3-2-4-12-5-7-13(8-6-12)14(18)10-15/h5-8H,3,9-10H2,1H3,(H,16,17). The number of hydrogen-bond acceptors (Lipinski definition) is 2. The van der Waals surface area contributed by atoms with E-state index in [4.69, 9.17) is 11.6 Å². The van der Waals surface area contributed by atoms with Crippen LogP contribution in [-0.4, -0.2) is 24.1 Å². The third kappa shape index (κ3) is 5.03. The second-order valence-corrected chi connectivity index (χ2v) is 3.94. The van der Waals surface area contributed by atoms with E-state index >= 15 is 0 Å². The summed E-state index contributed by atoms with van der Waals surface area (Å²) in [5, 5.41) is 2.66. The number of nitrogens with one attached hydrogen (secondary N) is 1. The molecule has 1 aromatic carbocycles. The SMILES string of the molecule is CC(=O)NCCC#Cc1ccc(C(=O)CCl)cc1. The van der Waals surface area contributed by atoms with Gasteiger partial charge >= 0.3 is 0 Å². The number of rotatable bonds is 4. The van der Waals surface area contributed by atoms with Crippen LogP contribution < -0.4 is 5.32 Å². The van der Waals surface area contributed by atoms with Crippen molar-refractivity contribution in [3.8, 4) is 11.8 Å². The highest BCUT2D eigenvalue weighted by Crippen LogP contribution is 2.05. The molecule has 0 spiro atoms. The molecule has 1 amide bonds. The van der Waals surface area contributed by atoms with Crippen molar-refractivity contribution in [2.45, 2.75) is 13.3 Å². The molecule has 0 aliphatic heterocycles. The molecule has 0 aliphatic carbocycles. The van der Waals surface area contributed by atoms with E-state index in [1.165, 1.54) is 6.92 Å². The van der Waals surface area contributed by atoms with Crippen molar-refractivity contribution in [3.05, 3.63) is 35.4 Å². The predicted molar refractivity (Wildman–Crippen MR) is 71.7 cm³/mol. The van der Waals surface area contributed by atoms with Gasteiger partial charge in [-0.15, -0.1) is 11.6 Å². The van der Waals surface area contributed by atoms with Crippen LogP contribution in [0.2, 0.25) is 0 Å². The van der Waals surface area contributed by atoms with E-state index in [2.05, 4.69) is 17.2 Å². The van der Waals surface area contributed by atoms with Crippen LogP contribution in [0.4, 0.5) is 0 Å². The van der Waals surface area contributed by atoms with Gasteiger partial charge in [0.15, 0.2) is 5.78 Å². The highest BCUT2D eigenvalue weighted by Gasteiger charge is 2.02. The smallest absolute Gasteiger partial charge is 0.216 e. The van der Waals surface area contributed by atoms with Crippen LogP contribution in [0.1, 0.15) is 29.3 Å². The Kier molecular flexibility index (Phi) is 5.96. The highest BCUT2D eigenvalue weighted by atomic mass is 35.5. The molecular formula is C14H14ClNO2. The first kappa shape index (κ1) is 14.3. The Bertz CT molecular complexity index is 483. The lowest BCUT2D eigenvalue weighted by molar-refractivity contribution is -0.118. The topological polar surface area (TPSA) is 46.2 Å². The average molecular weight is 264 g/mol. The first-order chi connectivity index (χ1) is 8.63. The number of halogens is 1. The number of ketones is 1. The normalized spacial score (nSPS) is 9.22. The van der Waals surface area contributed by atoms with Crippen LogP contribution >= 0.6 is 11.6 Å². The van der Waals surface area contributed by atoms with Gasteiger partial charge in [-0.3, -0.25) is 9.59 Å². The van der Waals surface area contributed by atoms with Crippen molar-refractivity contribution in [1.29, 1.82) is 0 Å². The summed E-state index contributed by atoms with van der Waals surface area (Å²) in [6.45, 7) is 2.02. The van der Waals surface area contributed by atoms with Gasteiger partial charge in [-0.1, -0.05) is 24.0 Å². The van der Waals surface area contributed by atoms with E-state index in [1.54, 1.807) is 24.3 Å². The number of Topliss-reactive ketones (excluding diaryl/α,β-unsaturated/α-hetero) is 1. The summed E-state index contributed by atoms with van der Waals surface area (Å²) in [5.74, 6) is 5.74. The number of amides is 1. The largest absolute Gasteiger partial charge is 0.355 e. The Morgan fingerprint density at radius 1 is 1.28 bits per heavy atom. The van der Waals surface area contributed by atoms with Crippen LogP contribution in [0.15, 0.2) is 24.3 Å². The minimum Gasteiger partial charge on any atom is -0.355 e. The van der Waals surface area contributed by atoms with E-state index in [0.717, 1.165) is 5.56 Å². The second kappa shape index (κ2) is 7.52. The van der Waals surface area contributed by atoms with Crippen molar-refractivity contribution in [3.63, 3.8) is 0 Å². The van der Waals surface area contributed by atoms with E-state index in [-0.39, 0.29) is 17.6 Å². The van der Waals surface area contributed by atoms with Gasteiger partial charge in [-0.05, 0) is 12.1 Å². The summed E-state index contributed by atoms with van der Waals surface area (Å²) in [6.07, 6.45) is 0.599. The van der Waals surface area contributed by atoms with Crippen molar-refractivity contribution in [2.24, 2.45) is 0 Å². The Hall–Kier alpha value is -1.79. The molecule has 0 unspecified atom stereocenters. The summed E-state index contributed by atoms with van der Waals surface area (Å²) >= 11 is 5.46. The lowest BCUT2D eigenvalue weighted by Crippen LogP contribution is -2.20. The van der Waals surface area contributed by atoms with E-state index in [9.17, 15) is 9.59 Å². The molecule has 18 heavy (non-hydrogen) atoms. The van der Waals surface area contributed by atoms with Crippen molar-refractivity contribution >= 4 is 23.3 Å². The third-order valence-electron chi connectivity index (χ3n) is 2.18. The molecule has 0 saturated heterocycles. The molecule has 0 aliphatic rings. The lowest BCUT2D eigenvalue weighted by atomic mass is 10.1. The Balaban J connectivity index is 2.51. The molecular weight excluding hydrogens is 250 g/mol. The van der Waals surface area contributed by atoms with Crippen molar-refractivity contribution in [2.75, 3.05) is 12.4 Å². The fourth-order valence-corrected chi connectivity index (χ4v) is 1.44. The van der Waals surface area contributed by atoms with Crippen LogP contribution in [-0.2, 0) is 4.79 Å². The minimum atomic E-state index is -0.0955.